The topological polar surface area (TPSA) is 74.7 Å². The van der Waals surface area contributed by atoms with E-state index in [1.54, 1.807) is 11.1 Å². The lowest BCUT2D eigenvalue weighted by Crippen LogP contribution is -2.63. The monoisotopic (exact) mass is 586 g/mol. The number of ether oxygens (including phenoxy) is 1. The van der Waals surface area contributed by atoms with Gasteiger partial charge in [0.2, 0.25) is 0 Å². The highest BCUT2D eigenvalue weighted by molar-refractivity contribution is 5.95. The number of rotatable bonds is 6. The van der Waals surface area contributed by atoms with Crippen LogP contribution in [0.25, 0.3) is 22.0 Å². The highest BCUT2D eigenvalue weighted by Gasteiger charge is 2.50. The van der Waals surface area contributed by atoms with Crippen LogP contribution in [-0.4, -0.2) is 81.1 Å². The van der Waals surface area contributed by atoms with Crippen LogP contribution in [0.2, 0.25) is 0 Å². The van der Waals surface area contributed by atoms with E-state index >= 15 is 4.39 Å². The van der Waals surface area contributed by atoms with Gasteiger partial charge in [0.05, 0.1) is 17.6 Å². The fourth-order valence-corrected chi connectivity index (χ4v) is 8.44. The highest BCUT2D eigenvalue weighted by Crippen LogP contribution is 2.43. The number of hydrogen-bond donors (Lipinski definition) is 0. The molecule has 10 heteroatoms. The minimum absolute atomic E-state index is 0.00340. The number of aryl methyl sites for hydroxylation is 1. The number of nitrogens with zero attached hydrogens (tertiary/aromatic N) is 6. The maximum atomic E-state index is 16.6. The van der Waals surface area contributed by atoms with Gasteiger partial charge in [-0.15, -0.1) is 0 Å². The van der Waals surface area contributed by atoms with Crippen molar-refractivity contribution in [3.05, 3.63) is 53.9 Å². The number of hydrogen-bond acceptors (Lipinski definition) is 7. The van der Waals surface area contributed by atoms with Crippen LogP contribution in [0, 0.1) is 5.82 Å². The summed E-state index contributed by atoms with van der Waals surface area (Å²) in [6.45, 7) is 6.76. The first-order chi connectivity index (χ1) is 20.9. The zero-order chi connectivity index (χ0) is 29.3. The molecule has 0 saturated carbocycles. The second-order valence-electron chi connectivity index (χ2n) is 12.9. The number of halogens is 2. The lowest BCUT2D eigenvalue weighted by molar-refractivity contribution is -0.130. The number of fused-ring (bicyclic) bond motifs is 4. The Morgan fingerprint density at radius 3 is 2.65 bits per heavy atom. The maximum absolute atomic E-state index is 16.6. The largest absolute Gasteiger partial charge is 0.461 e. The molecule has 0 unspecified atom stereocenters. The Morgan fingerprint density at radius 2 is 1.84 bits per heavy atom. The molecule has 3 aromatic rings. The predicted octanol–water partition coefficient (Wildman–Crippen LogP) is 4.99. The molecule has 4 saturated heterocycles. The number of pyridine rings is 1. The number of amides is 1. The Balaban J connectivity index is 1.19. The summed E-state index contributed by atoms with van der Waals surface area (Å²) in [5.41, 5.74) is 3.90. The van der Waals surface area contributed by atoms with Gasteiger partial charge in [0.25, 0.3) is 5.91 Å². The van der Waals surface area contributed by atoms with E-state index in [9.17, 15) is 9.18 Å². The van der Waals surface area contributed by atoms with E-state index in [4.69, 9.17) is 14.7 Å². The fraction of sp³-hybridized carbons (Fsp3) is 0.515. The molecule has 1 aromatic carbocycles. The molecule has 4 fully saturated rings. The molecule has 4 aliphatic heterocycles. The van der Waals surface area contributed by atoms with Crippen molar-refractivity contribution in [3.63, 3.8) is 0 Å². The summed E-state index contributed by atoms with van der Waals surface area (Å²) in [5.74, 6) is -1.40. The summed E-state index contributed by atoms with van der Waals surface area (Å²) in [5, 5.41) is 0.603. The lowest BCUT2D eigenvalue weighted by atomic mass is 9.87. The molecule has 5 aliphatic rings. The predicted molar refractivity (Wildman–Crippen MR) is 159 cm³/mol. The third kappa shape index (κ3) is 4.24. The Hall–Kier alpha value is -3.66. The third-order valence-corrected chi connectivity index (χ3v) is 10.7. The summed E-state index contributed by atoms with van der Waals surface area (Å²) in [4.78, 5) is 32.6. The zero-order valence-electron chi connectivity index (χ0n) is 24.3. The van der Waals surface area contributed by atoms with Crippen molar-refractivity contribution >= 4 is 22.6 Å². The summed E-state index contributed by atoms with van der Waals surface area (Å²) in [6.07, 6.45) is 12.9. The van der Waals surface area contributed by atoms with Crippen molar-refractivity contribution in [3.8, 4) is 17.1 Å². The van der Waals surface area contributed by atoms with E-state index in [1.807, 2.05) is 18.3 Å². The molecule has 2 atom stereocenters. The van der Waals surface area contributed by atoms with Crippen LogP contribution in [0.4, 0.5) is 14.6 Å². The quantitative estimate of drug-likeness (QED) is 0.377. The van der Waals surface area contributed by atoms with Crippen molar-refractivity contribution in [1.29, 1.82) is 0 Å². The molecule has 0 bridgehead atoms. The van der Waals surface area contributed by atoms with E-state index in [1.165, 1.54) is 11.1 Å². The first kappa shape index (κ1) is 26.9. The SMILES string of the molecule is C=C(F)C(=O)N1CC[C@@H]2[C@H]1CN2c1nc(OCC23CCCN2CCC3)nc2c(F)c(-c3cncc4c3CCCC4)ccc12. The van der Waals surface area contributed by atoms with Crippen LogP contribution in [0.5, 0.6) is 6.01 Å². The van der Waals surface area contributed by atoms with Crippen LogP contribution in [0.1, 0.15) is 56.1 Å². The molecule has 8 nitrogen and oxygen atoms in total. The summed E-state index contributed by atoms with van der Waals surface area (Å²) >= 11 is 0. The smallest absolute Gasteiger partial charge is 0.319 e. The van der Waals surface area contributed by atoms with Gasteiger partial charge < -0.3 is 14.5 Å². The number of aromatic nitrogens is 3. The molecule has 8 rings (SSSR count). The number of benzene rings is 1. The van der Waals surface area contributed by atoms with Crippen LogP contribution in [0.3, 0.4) is 0 Å². The van der Waals surface area contributed by atoms with Gasteiger partial charge >= 0.3 is 6.01 Å². The second kappa shape index (κ2) is 10.2. The van der Waals surface area contributed by atoms with Crippen molar-refractivity contribution in [2.45, 2.75) is 75.4 Å². The van der Waals surface area contributed by atoms with Crippen molar-refractivity contribution in [1.82, 2.24) is 24.8 Å². The number of carbonyl (C=O) groups excluding carboxylic acids is 1. The number of anilines is 1. The first-order valence-corrected chi connectivity index (χ1v) is 15.7. The zero-order valence-corrected chi connectivity index (χ0v) is 24.3. The van der Waals surface area contributed by atoms with Gasteiger partial charge in [-0.3, -0.25) is 14.7 Å². The molecule has 224 valence electrons. The van der Waals surface area contributed by atoms with Crippen LogP contribution >= 0.6 is 0 Å². The lowest BCUT2D eigenvalue weighted by Gasteiger charge is -2.47. The van der Waals surface area contributed by atoms with E-state index in [0.717, 1.165) is 70.0 Å². The van der Waals surface area contributed by atoms with Crippen LogP contribution < -0.4 is 9.64 Å². The van der Waals surface area contributed by atoms with E-state index in [2.05, 4.69) is 21.4 Å². The number of likely N-dealkylation sites (tertiary alicyclic amines) is 1. The van der Waals surface area contributed by atoms with Crippen molar-refractivity contribution in [2.75, 3.05) is 37.7 Å². The van der Waals surface area contributed by atoms with Gasteiger partial charge in [-0.25, -0.2) is 8.78 Å². The standard InChI is InChI=1S/C33H36F2N6O2/c1-20(34)31(42)40-15-10-26-27(40)18-41(26)30-24-9-8-23(25-17-36-16-21-6-2-3-7-22(21)25)28(35)29(24)37-32(38-30)43-19-33-11-4-13-39(33)14-5-12-33/h8-9,16-17,26-27H,1-7,10-15,18-19H2/t26-,27-/m1/s1. The van der Waals surface area contributed by atoms with Gasteiger partial charge in [-0.2, -0.15) is 9.97 Å². The minimum Gasteiger partial charge on any atom is -0.461 e. The third-order valence-electron chi connectivity index (χ3n) is 10.7. The second-order valence-corrected chi connectivity index (χ2v) is 12.9. The van der Waals surface area contributed by atoms with E-state index < -0.39 is 17.6 Å². The summed E-state index contributed by atoms with van der Waals surface area (Å²) in [6, 6.07) is 3.72. The Bertz CT molecular complexity index is 1640. The molecule has 0 N–H and O–H groups in total. The van der Waals surface area contributed by atoms with Gasteiger partial charge in [-0.05, 0) is 88.1 Å². The fourth-order valence-electron chi connectivity index (χ4n) is 8.44. The average Bonchev–Trinajstić information content (AvgIpc) is 3.68. The molecule has 6 heterocycles. The molecule has 43 heavy (non-hydrogen) atoms. The molecular weight excluding hydrogens is 550 g/mol. The number of carbonyl (C=O) groups is 1. The van der Waals surface area contributed by atoms with Gasteiger partial charge in [-0.1, -0.05) is 12.6 Å². The molecule has 0 spiro atoms. The van der Waals surface area contributed by atoms with Gasteiger partial charge in [0, 0.05) is 42.0 Å². The van der Waals surface area contributed by atoms with Crippen molar-refractivity contribution in [2.24, 2.45) is 0 Å². The van der Waals surface area contributed by atoms with Gasteiger partial charge in [0.15, 0.2) is 11.6 Å². The molecule has 1 aliphatic carbocycles. The summed E-state index contributed by atoms with van der Waals surface area (Å²) < 4.78 is 36.7. The maximum Gasteiger partial charge on any atom is 0.319 e. The Kier molecular flexibility index (Phi) is 6.40. The first-order valence-electron chi connectivity index (χ1n) is 15.7. The van der Waals surface area contributed by atoms with Gasteiger partial charge in [0.1, 0.15) is 17.9 Å². The van der Waals surface area contributed by atoms with E-state index in [0.29, 0.717) is 42.9 Å². The molecule has 0 radical (unpaired) electrons. The van der Waals surface area contributed by atoms with E-state index in [-0.39, 0.29) is 29.1 Å². The molecular formula is C33H36F2N6O2. The molecule has 1 amide bonds. The normalized spacial score (nSPS) is 24.0. The molecule has 2 aromatic heterocycles. The Labute approximate surface area is 249 Å². The average molecular weight is 587 g/mol. The van der Waals surface area contributed by atoms with Crippen molar-refractivity contribution < 1.29 is 18.3 Å². The highest BCUT2D eigenvalue weighted by atomic mass is 19.1. The summed E-state index contributed by atoms with van der Waals surface area (Å²) in [7, 11) is 0. The van der Waals surface area contributed by atoms with Crippen LogP contribution in [-0.2, 0) is 17.6 Å². The minimum atomic E-state index is -0.943. The Morgan fingerprint density at radius 1 is 1.02 bits per heavy atom. The van der Waals surface area contributed by atoms with Crippen LogP contribution in [0.15, 0.2) is 36.9 Å².